The second-order valence-electron chi connectivity index (χ2n) is 8.27. The lowest BCUT2D eigenvalue weighted by Crippen LogP contribution is -2.47. The van der Waals surface area contributed by atoms with Crippen LogP contribution in [0.1, 0.15) is 23.5 Å². The number of rotatable bonds is 8. The van der Waals surface area contributed by atoms with Crippen molar-refractivity contribution in [1.82, 2.24) is 10.6 Å². The number of hydrogen-bond acceptors (Lipinski definition) is 5. The summed E-state index contributed by atoms with van der Waals surface area (Å²) in [5, 5.41) is 13.0. The number of benzene rings is 2. The Morgan fingerprint density at radius 2 is 1.65 bits per heavy atom. The van der Waals surface area contributed by atoms with E-state index < -0.39 is 42.5 Å². The Morgan fingerprint density at radius 1 is 1.03 bits per heavy atom. The van der Waals surface area contributed by atoms with Crippen molar-refractivity contribution in [1.29, 1.82) is 0 Å². The average Bonchev–Trinajstić information content (AvgIpc) is 3.42. The Balaban J connectivity index is 1.29. The molecule has 0 unspecified atom stereocenters. The molecule has 0 radical (unpaired) electrons. The quantitative estimate of drug-likeness (QED) is 0.542. The number of carbonyl (C=O) groups is 3. The van der Waals surface area contributed by atoms with Crippen molar-refractivity contribution in [2.45, 2.75) is 24.4 Å². The van der Waals surface area contributed by atoms with E-state index in [4.69, 9.17) is 14.6 Å². The predicted molar refractivity (Wildman–Crippen MR) is 117 cm³/mol. The lowest BCUT2D eigenvalue weighted by molar-refractivity contribution is -0.164. The topological polar surface area (TPSA) is 114 Å². The molecule has 1 aliphatic carbocycles. The van der Waals surface area contributed by atoms with Crippen LogP contribution in [-0.4, -0.2) is 61.4 Å². The Bertz CT molecular complexity index is 1050. The van der Waals surface area contributed by atoms with Crippen molar-refractivity contribution in [3.63, 3.8) is 0 Å². The Hall–Kier alpha value is -3.53. The molecule has 2 aromatic carbocycles. The van der Waals surface area contributed by atoms with E-state index in [1.165, 1.54) is 0 Å². The molecule has 8 nitrogen and oxygen atoms in total. The van der Waals surface area contributed by atoms with Crippen LogP contribution in [-0.2, 0) is 19.1 Å². The lowest BCUT2D eigenvalue weighted by Gasteiger charge is -2.20. The average molecular weight is 474 g/mol. The highest BCUT2D eigenvalue weighted by Gasteiger charge is 2.41. The van der Waals surface area contributed by atoms with Gasteiger partial charge in [-0.05, 0) is 28.7 Å². The fraction of sp³-hybridized carbons (Fsp3) is 0.375. The maximum Gasteiger partial charge on any atom is 0.407 e. The van der Waals surface area contributed by atoms with Crippen LogP contribution in [0.4, 0.5) is 13.6 Å². The van der Waals surface area contributed by atoms with E-state index in [2.05, 4.69) is 5.32 Å². The summed E-state index contributed by atoms with van der Waals surface area (Å²) in [6, 6.07) is 15.9. The number of carboxylic acids is 1. The van der Waals surface area contributed by atoms with Gasteiger partial charge in [0.15, 0.2) is 0 Å². The van der Waals surface area contributed by atoms with Crippen molar-refractivity contribution in [3.8, 4) is 11.1 Å². The number of alkyl carbamates (subject to hydrolysis) is 1. The molecule has 180 valence electrons. The summed E-state index contributed by atoms with van der Waals surface area (Å²) in [4.78, 5) is 35.0. The van der Waals surface area contributed by atoms with Gasteiger partial charge in [-0.15, -0.1) is 0 Å². The van der Waals surface area contributed by atoms with Gasteiger partial charge in [0.1, 0.15) is 12.7 Å². The minimum Gasteiger partial charge on any atom is -0.477 e. The Kier molecular flexibility index (Phi) is 6.78. The van der Waals surface area contributed by atoms with Crippen molar-refractivity contribution in [2.75, 3.05) is 26.3 Å². The van der Waals surface area contributed by atoms with Gasteiger partial charge >= 0.3 is 18.0 Å². The number of ether oxygens (including phenoxy) is 2. The molecular formula is C24H24F2N2O6. The zero-order chi connectivity index (χ0) is 24.3. The summed E-state index contributed by atoms with van der Waals surface area (Å²) in [7, 11) is 0. The van der Waals surface area contributed by atoms with Gasteiger partial charge in [0, 0.05) is 25.0 Å². The van der Waals surface area contributed by atoms with E-state index in [0.717, 1.165) is 22.3 Å². The number of carbonyl (C=O) groups excluding carboxylic acids is 2. The number of aliphatic carboxylic acids is 1. The van der Waals surface area contributed by atoms with Crippen LogP contribution in [0, 0.1) is 5.92 Å². The van der Waals surface area contributed by atoms with E-state index in [-0.39, 0.29) is 25.7 Å². The maximum absolute atomic E-state index is 13.2. The number of carboxylic acid groups (broad SMARTS) is 1. The molecule has 2 aliphatic rings. The first kappa shape index (κ1) is 23.6. The molecule has 2 amide bonds. The van der Waals surface area contributed by atoms with Gasteiger partial charge in [-0.1, -0.05) is 48.5 Å². The number of nitrogens with one attached hydrogen (secondary N) is 2. The summed E-state index contributed by atoms with van der Waals surface area (Å²) in [5.74, 6) is -7.81. The van der Waals surface area contributed by atoms with Crippen LogP contribution in [0.15, 0.2) is 48.5 Å². The maximum atomic E-state index is 13.2. The molecule has 10 heteroatoms. The van der Waals surface area contributed by atoms with Crippen LogP contribution in [0.2, 0.25) is 0 Å². The molecule has 4 rings (SSSR count). The molecule has 3 N–H and O–H groups in total. The third-order valence-corrected chi connectivity index (χ3v) is 6.12. The van der Waals surface area contributed by atoms with Gasteiger partial charge < -0.3 is 25.2 Å². The highest BCUT2D eigenvalue weighted by molar-refractivity contribution is 5.83. The molecule has 0 bridgehead atoms. The molecule has 0 aromatic heterocycles. The van der Waals surface area contributed by atoms with Crippen molar-refractivity contribution >= 4 is 18.0 Å². The summed E-state index contributed by atoms with van der Waals surface area (Å²) in [6.07, 6.45) is -1.30. The van der Waals surface area contributed by atoms with Crippen LogP contribution in [0.25, 0.3) is 11.1 Å². The Labute approximate surface area is 194 Å². The normalized spacial score (nSPS) is 19.2. The minimum atomic E-state index is -4.08. The zero-order valence-corrected chi connectivity index (χ0v) is 18.1. The molecule has 1 aliphatic heterocycles. The fourth-order valence-corrected chi connectivity index (χ4v) is 4.37. The molecule has 2 aromatic rings. The minimum absolute atomic E-state index is 0.0457. The predicted octanol–water partition coefficient (Wildman–Crippen LogP) is 2.77. The largest absolute Gasteiger partial charge is 0.477 e. The summed E-state index contributed by atoms with van der Waals surface area (Å²) >= 11 is 0. The Morgan fingerprint density at radius 3 is 2.26 bits per heavy atom. The van der Waals surface area contributed by atoms with Crippen molar-refractivity contribution < 1.29 is 37.7 Å². The first-order valence-electron chi connectivity index (χ1n) is 10.9. The molecule has 0 saturated carbocycles. The summed E-state index contributed by atoms with van der Waals surface area (Å²) in [5.41, 5.74) is 4.38. The van der Waals surface area contributed by atoms with E-state index in [1.54, 1.807) is 0 Å². The third-order valence-electron chi connectivity index (χ3n) is 6.12. The lowest BCUT2D eigenvalue weighted by atomic mass is 9.98. The van der Waals surface area contributed by atoms with Gasteiger partial charge in [0.2, 0.25) is 5.91 Å². The number of alkyl halides is 2. The highest BCUT2D eigenvalue weighted by atomic mass is 19.3. The third kappa shape index (κ3) is 4.86. The van der Waals surface area contributed by atoms with Gasteiger partial charge in [-0.25, -0.2) is 9.59 Å². The fourth-order valence-electron chi connectivity index (χ4n) is 4.37. The van der Waals surface area contributed by atoms with Crippen molar-refractivity contribution in [2.24, 2.45) is 5.92 Å². The standard InChI is InChI=1S/C24H24F2N2O6/c25-24(26,22(30)31)13-28-21(29)20-14(9-10-33-20)11-27-23(32)34-12-19-17-7-3-1-5-15(17)16-6-2-4-8-18(16)19/h1-8,14,19-20H,9-13H2,(H,27,32)(H,28,29)(H,30,31)/t14-,20-/m0/s1. The van der Waals surface area contributed by atoms with E-state index in [0.29, 0.717) is 6.42 Å². The summed E-state index contributed by atoms with van der Waals surface area (Å²) in [6.45, 7) is -0.947. The molecule has 1 fully saturated rings. The van der Waals surface area contributed by atoms with E-state index in [9.17, 15) is 23.2 Å². The molecule has 1 heterocycles. The van der Waals surface area contributed by atoms with Gasteiger partial charge in [-0.3, -0.25) is 4.79 Å². The van der Waals surface area contributed by atoms with E-state index in [1.807, 2.05) is 53.8 Å². The number of fused-ring (bicyclic) bond motifs is 3. The smallest absolute Gasteiger partial charge is 0.407 e. The van der Waals surface area contributed by atoms with E-state index >= 15 is 0 Å². The molecule has 0 spiro atoms. The SMILES string of the molecule is O=C(NC[C@@H]1CCO[C@@H]1C(=O)NCC(F)(F)C(=O)O)OCC1c2ccccc2-c2ccccc21. The highest BCUT2D eigenvalue weighted by Crippen LogP contribution is 2.44. The molecule has 2 atom stereocenters. The first-order chi connectivity index (χ1) is 16.3. The molecular weight excluding hydrogens is 450 g/mol. The summed E-state index contributed by atoms with van der Waals surface area (Å²) < 4.78 is 37.2. The van der Waals surface area contributed by atoms with Crippen LogP contribution in [0.5, 0.6) is 0 Å². The van der Waals surface area contributed by atoms with Gasteiger partial charge in [0.05, 0.1) is 6.54 Å². The zero-order valence-electron chi connectivity index (χ0n) is 18.1. The van der Waals surface area contributed by atoms with Gasteiger partial charge in [-0.2, -0.15) is 8.78 Å². The number of hydrogen-bond donors (Lipinski definition) is 3. The van der Waals surface area contributed by atoms with Crippen LogP contribution < -0.4 is 10.6 Å². The second kappa shape index (κ2) is 9.76. The molecule has 34 heavy (non-hydrogen) atoms. The van der Waals surface area contributed by atoms with Crippen LogP contribution in [0.3, 0.4) is 0 Å². The second-order valence-corrected chi connectivity index (χ2v) is 8.27. The van der Waals surface area contributed by atoms with Crippen molar-refractivity contribution in [3.05, 3.63) is 59.7 Å². The monoisotopic (exact) mass is 474 g/mol. The van der Waals surface area contributed by atoms with Gasteiger partial charge in [0.25, 0.3) is 0 Å². The molecule has 1 saturated heterocycles. The number of halogens is 2. The number of amides is 2. The first-order valence-corrected chi connectivity index (χ1v) is 10.9. The van der Waals surface area contributed by atoms with Crippen LogP contribution >= 0.6 is 0 Å².